The Balaban J connectivity index is 1.22. The number of nitrogens with one attached hydrogen (secondary N) is 1. The molecule has 1 aromatic heterocycles. The lowest BCUT2D eigenvalue weighted by atomic mass is 9.86. The van der Waals surface area contributed by atoms with Crippen LogP contribution in [-0.4, -0.2) is 39.6 Å². The van der Waals surface area contributed by atoms with Crippen LogP contribution in [0.3, 0.4) is 0 Å². The number of carbonyl (C=O) groups excluding carboxylic acids is 1. The molecule has 0 bridgehead atoms. The number of β-amino-alcohol motifs (C(OH)–C–C–N with tert-alkyl or cyclic N) is 1. The van der Waals surface area contributed by atoms with E-state index in [0.29, 0.717) is 12.1 Å². The summed E-state index contributed by atoms with van der Waals surface area (Å²) in [5.74, 6) is -1.01. The molecule has 0 unspecified atom stereocenters. The molecule has 0 radical (unpaired) electrons. The molecular formula is C26H22FN3O2S. The van der Waals surface area contributed by atoms with Crippen molar-refractivity contribution < 1.29 is 14.3 Å². The van der Waals surface area contributed by atoms with Crippen molar-refractivity contribution in [2.24, 2.45) is 0 Å². The van der Waals surface area contributed by atoms with Gasteiger partial charge in [0, 0.05) is 23.7 Å². The van der Waals surface area contributed by atoms with Crippen LogP contribution in [0.15, 0.2) is 90.0 Å². The molecule has 0 atom stereocenters. The minimum absolute atomic E-state index is 0.000798. The summed E-state index contributed by atoms with van der Waals surface area (Å²) in [6.45, 7) is 0.369. The molecule has 1 amide bonds. The maximum atomic E-state index is 14.8. The molecule has 2 heterocycles. The van der Waals surface area contributed by atoms with Gasteiger partial charge in [-0.1, -0.05) is 48.5 Å². The summed E-state index contributed by atoms with van der Waals surface area (Å²) >= 11 is 1.34. The van der Waals surface area contributed by atoms with Gasteiger partial charge in [0.15, 0.2) is 0 Å². The van der Waals surface area contributed by atoms with Gasteiger partial charge in [-0.3, -0.25) is 9.78 Å². The maximum Gasteiger partial charge on any atom is 0.257 e. The predicted molar refractivity (Wildman–Crippen MR) is 129 cm³/mol. The van der Waals surface area contributed by atoms with Gasteiger partial charge in [-0.2, -0.15) is 0 Å². The van der Waals surface area contributed by atoms with E-state index in [0.717, 1.165) is 21.4 Å². The number of halogens is 1. The summed E-state index contributed by atoms with van der Waals surface area (Å²) in [4.78, 5) is 19.6. The largest absolute Gasteiger partial charge is 0.386 e. The number of aromatic nitrogens is 1. The van der Waals surface area contributed by atoms with Crippen molar-refractivity contribution in [3.8, 4) is 0 Å². The summed E-state index contributed by atoms with van der Waals surface area (Å²) < 4.78 is 17.9. The van der Waals surface area contributed by atoms with Crippen LogP contribution in [0.25, 0.3) is 10.9 Å². The zero-order chi connectivity index (χ0) is 22.8. The minimum Gasteiger partial charge on any atom is -0.386 e. The first-order valence-corrected chi connectivity index (χ1v) is 11.4. The quantitative estimate of drug-likeness (QED) is 0.401. The Morgan fingerprint density at radius 2 is 1.85 bits per heavy atom. The fourth-order valence-electron chi connectivity index (χ4n) is 4.09. The number of para-hydroxylation sites is 1. The lowest BCUT2D eigenvalue weighted by Crippen LogP contribution is -2.64. The molecule has 3 aromatic carbocycles. The number of amides is 1. The highest BCUT2D eigenvalue weighted by atomic mass is 32.2. The van der Waals surface area contributed by atoms with E-state index in [2.05, 4.69) is 9.71 Å². The molecule has 1 aliphatic heterocycles. The van der Waals surface area contributed by atoms with E-state index in [9.17, 15) is 14.3 Å². The van der Waals surface area contributed by atoms with Crippen LogP contribution in [0.2, 0.25) is 0 Å². The van der Waals surface area contributed by atoms with Crippen molar-refractivity contribution in [1.82, 2.24) is 9.88 Å². The third kappa shape index (κ3) is 4.55. The average molecular weight is 460 g/mol. The van der Waals surface area contributed by atoms with Gasteiger partial charge in [-0.25, -0.2) is 4.39 Å². The van der Waals surface area contributed by atoms with Crippen molar-refractivity contribution in [3.05, 3.63) is 102 Å². The van der Waals surface area contributed by atoms with E-state index in [1.807, 2.05) is 60.7 Å². The van der Waals surface area contributed by atoms with E-state index in [1.54, 1.807) is 12.3 Å². The molecule has 1 saturated heterocycles. The van der Waals surface area contributed by atoms with Crippen molar-refractivity contribution in [3.63, 3.8) is 0 Å². The third-order valence-corrected chi connectivity index (χ3v) is 6.59. The summed E-state index contributed by atoms with van der Waals surface area (Å²) in [6.07, 6.45) is 2.20. The average Bonchev–Trinajstić information content (AvgIpc) is 2.81. The molecule has 7 heteroatoms. The number of hydrogen-bond donors (Lipinski definition) is 2. The van der Waals surface area contributed by atoms with Crippen molar-refractivity contribution in [2.75, 3.05) is 17.8 Å². The highest BCUT2D eigenvalue weighted by Crippen LogP contribution is 2.30. The normalized spacial score (nSPS) is 14.7. The monoisotopic (exact) mass is 459 g/mol. The number of carbonyl (C=O) groups is 1. The van der Waals surface area contributed by atoms with Crippen molar-refractivity contribution in [1.29, 1.82) is 0 Å². The second-order valence-electron chi connectivity index (χ2n) is 8.28. The first kappa shape index (κ1) is 21.4. The molecule has 1 aliphatic rings. The fraction of sp³-hybridized carbons (Fsp3) is 0.154. The zero-order valence-electron chi connectivity index (χ0n) is 17.7. The Kier molecular flexibility index (Phi) is 5.74. The van der Waals surface area contributed by atoms with Crippen LogP contribution in [0.1, 0.15) is 15.9 Å². The number of fused-ring (bicyclic) bond motifs is 1. The van der Waals surface area contributed by atoms with Gasteiger partial charge in [-0.05, 0) is 47.8 Å². The number of aliphatic hydroxyl groups is 1. The highest BCUT2D eigenvalue weighted by molar-refractivity contribution is 8.00. The summed E-state index contributed by atoms with van der Waals surface area (Å²) in [5, 5.41) is 11.7. The first-order chi connectivity index (χ1) is 16.0. The van der Waals surface area contributed by atoms with Gasteiger partial charge in [0.05, 0.1) is 29.1 Å². The van der Waals surface area contributed by atoms with E-state index in [1.165, 1.54) is 29.0 Å². The second kappa shape index (κ2) is 8.84. The number of pyridine rings is 1. The topological polar surface area (TPSA) is 65.5 Å². The molecule has 1 fully saturated rings. The molecule has 4 aromatic rings. The molecule has 2 N–H and O–H groups in total. The number of hydrogen-bond acceptors (Lipinski definition) is 5. The Bertz CT molecular complexity index is 1300. The van der Waals surface area contributed by atoms with Crippen LogP contribution < -0.4 is 4.72 Å². The molecule has 5 rings (SSSR count). The first-order valence-electron chi connectivity index (χ1n) is 10.6. The van der Waals surface area contributed by atoms with Gasteiger partial charge in [0.2, 0.25) is 0 Å². The van der Waals surface area contributed by atoms with Gasteiger partial charge in [0.1, 0.15) is 11.4 Å². The van der Waals surface area contributed by atoms with Crippen LogP contribution in [0.5, 0.6) is 0 Å². The van der Waals surface area contributed by atoms with Gasteiger partial charge in [0.25, 0.3) is 5.91 Å². The molecule has 5 nitrogen and oxygen atoms in total. The third-order valence-electron chi connectivity index (χ3n) is 5.71. The van der Waals surface area contributed by atoms with Crippen LogP contribution in [-0.2, 0) is 6.42 Å². The molecule has 0 spiro atoms. The van der Waals surface area contributed by atoms with Crippen molar-refractivity contribution >= 4 is 34.4 Å². The molecule has 0 saturated carbocycles. The Labute approximate surface area is 195 Å². The van der Waals surface area contributed by atoms with Gasteiger partial charge < -0.3 is 14.7 Å². The SMILES string of the molecule is O=C(c1ccc(NSc2cccc3cccnc23)cc1F)N1CC(O)(Cc2ccccc2)C1. The van der Waals surface area contributed by atoms with Crippen molar-refractivity contribution in [2.45, 2.75) is 16.9 Å². The molecule has 166 valence electrons. The molecule has 33 heavy (non-hydrogen) atoms. The van der Waals surface area contributed by atoms with E-state index >= 15 is 0 Å². The van der Waals surface area contributed by atoms with Crippen LogP contribution in [0.4, 0.5) is 10.1 Å². The number of benzene rings is 3. The molecule has 0 aliphatic carbocycles. The predicted octanol–water partition coefficient (Wildman–Crippen LogP) is 4.92. The standard InChI is InChI=1S/C26H22FN3O2S/c27-22-14-20(29-33-23-10-4-8-19-9-5-13-28-24(19)23)11-12-21(22)25(31)30-16-26(32,17-30)15-18-6-2-1-3-7-18/h1-14,29,32H,15-17H2. The smallest absolute Gasteiger partial charge is 0.257 e. The summed E-state index contributed by atoms with van der Waals surface area (Å²) in [7, 11) is 0. The minimum atomic E-state index is -0.974. The second-order valence-corrected chi connectivity index (χ2v) is 9.13. The number of likely N-dealkylation sites (tertiary alicyclic amines) is 1. The Morgan fingerprint density at radius 1 is 1.06 bits per heavy atom. The summed E-state index contributed by atoms with van der Waals surface area (Å²) in [5.41, 5.74) is 1.45. The lowest BCUT2D eigenvalue weighted by molar-refractivity contribution is -0.0800. The Morgan fingerprint density at radius 3 is 2.64 bits per heavy atom. The van der Waals surface area contributed by atoms with Gasteiger partial charge in [-0.15, -0.1) is 0 Å². The highest BCUT2D eigenvalue weighted by Gasteiger charge is 2.44. The molecular weight excluding hydrogens is 437 g/mol. The Hall–Kier alpha value is -3.42. The van der Waals surface area contributed by atoms with E-state index in [4.69, 9.17) is 0 Å². The van der Waals surface area contributed by atoms with Crippen LogP contribution in [0, 0.1) is 5.82 Å². The lowest BCUT2D eigenvalue weighted by Gasteiger charge is -2.46. The number of rotatable bonds is 6. The van der Waals surface area contributed by atoms with Crippen LogP contribution >= 0.6 is 11.9 Å². The van der Waals surface area contributed by atoms with E-state index in [-0.39, 0.29) is 18.7 Å². The maximum absolute atomic E-state index is 14.8. The fourth-order valence-corrected chi connectivity index (χ4v) is 4.86. The van der Waals surface area contributed by atoms with E-state index < -0.39 is 17.3 Å². The zero-order valence-corrected chi connectivity index (χ0v) is 18.6. The number of anilines is 1. The number of nitrogens with zero attached hydrogens (tertiary/aromatic N) is 2. The summed E-state index contributed by atoms with van der Waals surface area (Å²) in [6, 6.07) is 23.9. The van der Waals surface area contributed by atoms with Gasteiger partial charge >= 0.3 is 0 Å².